The van der Waals surface area contributed by atoms with E-state index in [2.05, 4.69) is 10.1 Å². The first-order valence-corrected chi connectivity index (χ1v) is 4.95. The minimum atomic E-state index is 0.332. The maximum absolute atomic E-state index is 6.07. The number of hydrogen-bond donors (Lipinski definition) is 1. The number of rotatable bonds is 2. The molecular weight excluding hydrogens is 212 g/mol. The average Bonchev–Trinajstić information content (AvgIpc) is 2.60. The predicted molar refractivity (Wildman–Crippen MR) is 59.3 cm³/mol. The summed E-state index contributed by atoms with van der Waals surface area (Å²) in [6.07, 6.45) is 0. The van der Waals surface area contributed by atoms with Gasteiger partial charge in [0.1, 0.15) is 0 Å². The molecule has 0 aliphatic rings. The summed E-state index contributed by atoms with van der Waals surface area (Å²) < 4.78 is 1.68. The molecule has 0 bridgehead atoms. The molecule has 78 valence electrons. The van der Waals surface area contributed by atoms with Crippen molar-refractivity contribution in [1.82, 2.24) is 14.8 Å². The molecule has 0 spiro atoms. The van der Waals surface area contributed by atoms with E-state index in [0.717, 1.165) is 11.4 Å². The van der Waals surface area contributed by atoms with Crippen molar-refractivity contribution in [3.8, 4) is 11.4 Å². The molecule has 2 aromatic rings. The first kappa shape index (κ1) is 10.1. The number of nitrogens with zero attached hydrogens (tertiary/aromatic N) is 3. The molecule has 1 aromatic heterocycles. The standard InChI is InChI=1S/C10H11ClN4/c1-15-10(13-9(6-12)14-15)7-4-2-3-5-8(7)11/h2-5H,6,12H2,1H3. The van der Waals surface area contributed by atoms with Gasteiger partial charge in [0, 0.05) is 12.6 Å². The van der Waals surface area contributed by atoms with Crippen LogP contribution in [0, 0.1) is 0 Å². The van der Waals surface area contributed by atoms with Crippen molar-refractivity contribution in [1.29, 1.82) is 0 Å². The van der Waals surface area contributed by atoms with Gasteiger partial charge in [-0.2, -0.15) is 5.10 Å². The van der Waals surface area contributed by atoms with E-state index in [0.29, 0.717) is 17.4 Å². The van der Waals surface area contributed by atoms with Gasteiger partial charge in [-0.3, -0.25) is 0 Å². The molecule has 0 unspecified atom stereocenters. The number of hydrogen-bond acceptors (Lipinski definition) is 3. The Morgan fingerprint density at radius 3 is 2.73 bits per heavy atom. The summed E-state index contributed by atoms with van der Waals surface area (Å²) in [5.41, 5.74) is 6.35. The maximum Gasteiger partial charge on any atom is 0.164 e. The normalized spacial score (nSPS) is 10.6. The van der Waals surface area contributed by atoms with Gasteiger partial charge in [-0.1, -0.05) is 23.7 Å². The van der Waals surface area contributed by atoms with Crippen molar-refractivity contribution in [2.45, 2.75) is 6.54 Å². The Labute approximate surface area is 92.7 Å². The first-order valence-electron chi connectivity index (χ1n) is 4.57. The number of aromatic nitrogens is 3. The molecule has 0 saturated heterocycles. The Balaban J connectivity index is 2.54. The van der Waals surface area contributed by atoms with E-state index in [1.165, 1.54) is 0 Å². The zero-order valence-electron chi connectivity index (χ0n) is 8.31. The summed E-state index contributed by atoms with van der Waals surface area (Å²) in [6.45, 7) is 0.332. The van der Waals surface area contributed by atoms with Crippen molar-refractivity contribution in [2.75, 3.05) is 0 Å². The minimum absolute atomic E-state index is 0.332. The molecular formula is C10H11ClN4. The van der Waals surface area contributed by atoms with Gasteiger partial charge < -0.3 is 5.73 Å². The largest absolute Gasteiger partial charge is 0.324 e. The van der Waals surface area contributed by atoms with Gasteiger partial charge in [0.05, 0.1) is 11.6 Å². The quantitative estimate of drug-likeness (QED) is 0.840. The van der Waals surface area contributed by atoms with Gasteiger partial charge >= 0.3 is 0 Å². The van der Waals surface area contributed by atoms with Crippen LogP contribution in [0.3, 0.4) is 0 Å². The van der Waals surface area contributed by atoms with Gasteiger partial charge in [0.2, 0.25) is 0 Å². The summed E-state index contributed by atoms with van der Waals surface area (Å²) in [6, 6.07) is 7.53. The predicted octanol–water partition coefficient (Wildman–Crippen LogP) is 1.59. The lowest BCUT2D eigenvalue weighted by atomic mass is 10.2. The number of halogens is 1. The van der Waals surface area contributed by atoms with Crippen LogP contribution in [0.5, 0.6) is 0 Å². The fourth-order valence-corrected chi connectivity index (χ4v) is 1.62. The number of nitrogens with two attached hydrogens (primary N) is 1. The topological polar surface area (TPSA) is 56.7 Å². The highest BCUT2D eigenvalue weighted by molar-refractivity contribution is 6.33. The van der Waals surface area contributed by atoms with Crippen molar-refractivity contribution in [2.24, 2.45) is 12.8 Å². The third-order valence-corrected chi connectivity index (χ3v) is 2.43. The maximum atomic E-state index is 6.07. The van der Waals surface area contributed by atoms with Gasteiger partial charge in [-0.15, -0.1) is 0 Å². The highest BCUT2D eigenvalue weighted by Crippen LogP contribution is 2.25. The number of benzene rings is 1. The molecule has 0 amide bonds. The molecule has 2 rings (SSSR count). The van der Waals surface area contributed by atoms with E-state index in [1.807, 2.05) is 31.3 Å². The summed E-state index contributed by atoms with van der Waals surface area (Å²) in [5, 5.41) is 4.83. The number of aryl methyl sites for hydroxylation is 1. The van der Waals surface area contributed by atoms with Gasteiger partial charge in [-0.05, 0) is 12.1 Å². The highest BCUT2D eigenvalue weighted by atomic mass is 35.5. The molecule has 1 heterocycles. The molecule has 0 aliphatic heterocycles. The minimum Gasteiger partial charge on any atom is -0.324 e. The molecule has 0 aliphatic carbocycles. The van der Waals surface area contributed by atoms with Crippen LogP contribution in [-0.2, 0) is 13.6 Å². The summed E-state index contributed by atoms with van der Waals surface area (Å²) in [5.74, 6) is 1.36. The van der Waals surface area contributed by atoms with Crippen molar-refractivity contribution >= 4 is 11.6 Å². The Morgan fingerprint density at radius 2 is 2.13 bits per heavy atom. The third kappa shape index (κ3) is 1.86. The van der Waals surface area contributed by atoms with Crippen LogP contribution >= 0.6 is 11.6 Å². The van der Waals surface area contributed by atoms with Crippen LogP contribution in [0.25, 0.3) is 11.4 Å². The molecule has 2 N–H and O–H groups in total. The Hall–Kier alpha value is -1.39. The molecule has 5 heteroatoms. The molecule has 15 heavy (non-hydrogen) atoms. The van der Waals surface area contributed by atoms with Gasteiger partial charge in [0.15, 0.2) is 11.6 Å². The third-order valence-electron chi connectivity index (χ3n) is 2.10. The van der Waals surface area contributed by atoms with Crippen LogP contribution in [0.2, 0.25) is 5.02 Å². The van der Waals surface area contributed by atoms with E-state index >= 15 is 0 Å². The van der Waals surface area contributed by atoms with Crippen LogP contribution in [0.1, 0.15) is 5.82 Å². The van der Waals surface area contributed by atoms with Gasteiger partial charge in [-0.25, -0.2) is 9.67 Å². The lowest BCUT2D eigenvalue weighted by molar-refractivity contribution is 0.749. The molecule has 0 radical (unpaired) electrons. The zero-order valence-corrected chi connectivity index (χ0v) is 9.07. The summed E-state index contributed by atoms with van der Waals surface area (Å²) in [7, 11) is 1.82. The Morgan fingerprint density at radius 1 is 1.40 bits per heavy atom. The first-order chi connectivity index (χ1) is 7.22. The van der Waals surface area contributed by atoms with E-state index < -0.39 is 0 Å². The van der Waals surface area contributed by atoms with Crippen LogP contribution < -0.4 is 5.73 Å². The second kappa shape index (κ2) is 4.00. The summed E-state index contributed by atoms with van der Waals surface area (Å²) >= 11 is 6.07. The van der Waals surface area contributed by atoms with E-state index in [-0.39, 0.29) is 0 Å². The van der Waals surface area contributed by atoms with Crippen LogP contribution in [0.15, 0.2) is 24.3 Å². The fourth-order valence-electron chi connectivity index (χ4n) is 1.40. The zero-order chi connectivity index (χ0) is 10.8. The average molecular weight is 223 g/mol. The second-order valence-electron chi connectivity index (χ2n) is 3.16. The smallest absolute Gasteiger partial charge is 0.164 e. The summed E-state index contributed by atoms with van der Waals surface area (Å²) in [4.78, 5) is 4.30. The van der Waals surface area contributed by atoms with Crippen molar-refractivity contribution in [3.05, 3.63) is 35.1 Å². The van der Waals surface area contributed by atoms with Gasteiger partial charge in [0.25, 0.3) is 0 Å². The Kier molecular flexibility index (Phi) is 2.70. The van der Waals surface area contributed by atoms with E-state index in [4.69, 9.17) is 17.3 Å². The van der Waals surface area contributed by atoms with Crippen molar-refractivity contribution < 1.29 is 0 Å². The molecule has 0 fully saturated rings. The molecule has 0 saturated carbocycles. The lowest BCUT2D eigenvalue weighted by Gasteiger charge is -2.01. The lowest BCUT2D eigenvalue weighted by Crippen LogP contribution is -1.99. The highest BCUT2D eigenvalue weighted by Gasteiger charge is 2.10. The molecule has 1 aromatic carbocycles. The fraction of sp³-hybridized carbons (Fsp3) is 0.200. The Bertz CT molecular complexity index is 478. The second-order valence-corrected chi connectivity index (χ2v) is 3.57. The SMILES string of the molecule is Cn1nc(CN)nc1-c1ccccc1Cl. The van der Waals surface area contributed by atoms with Crippen LogP contribution in [-0.4, -0.2) is 14.8 Å². The molecule has 4 nitrogen and oxygen atoms in total. The van der Waals surface area contributed by atoms with E-state index in [1.54, 1.807) is 4.68 Å². The van der Waals surface area contributed by atoms with Crippen LogP contribution in [0.4, 0.5) is 0 Å². The van der Waals surface area contributed by atoms with Crippen molar-refractivity contribution in [3.63, 3.8) is 0 Å². The van der Waals surface area contributed by atoms with E-state index in [9.17, 15) is 0 Å². The monoisotopic (exact) mass is 222 g/mol. The molecule has 0 atom stereocenters.